The van der Waals surface area contributed by atoms with Gasteiger partial charge in [0.15, 0.2) is 23.3 Å². The molecule has 0 amide bonds. The van der Waals surface area contributed by atoms with Crippen LogP contribution < -0.4 is 37.9 Å². The Bertz CT molecular complexity index is 5670. The van der Waals surface area contributed by atoms with Gasteiger partial charge in [-0.05, 0) is 224 Å². The molecule has 0 radical (unpaired) electrons. The van der Waals surface area contributed by atoms with Gasteiger partial charge in [0.2, 0.25) is 0 Å². The van der Waals surface area contributed by atoms with Gasteiger partial charge in [0.25, 0.3) is 0 Å². The summed E-state index contributed by atoms with van der Waals surface area (Å²) in [4.78, 5) is 57.9. The van der Waals surface area contributed by atoms with Crippen LogP contribution >= 0.6 is 0 Å². The summed E-state index contributed by atoms with van der Waals surface area (Å²) in [6.45, 7) is 4.38. The summed E-state index contributed by atoms with van der Waals surface area (Å²) in [6.07, 6.45) is 21.9. The monoisotopic (exact) mass is 1490 g/mol. The fourth-order valence-electron chi connectivity index (χ4n) is 14.6. The van der Waals surface area contributed by atoms with Crippen LogP contribution in [0.4, 0.5) is 0 Å². The molecule has 2 N–H and O–H groups in total. The number of nitrogens with zero attached hydrogens (tertiary/aromatic N) is 10. The standard InChI is InChI=1S/C92H86N12O8/c1(9-49-105-65-37-41-73-61(57-65)25-21-45-93-73)5-13-53-109-77-33-17-29-69-81(77)89-97-85(69)102-90-83-71(31-19-35-79(83)111-55-15-7-3-11-51-107-67-39-43-75-63(59-67)27-23-47-95-75)87(99-90)104-92-84-72(32-20-36-80(84)112-56-16-8-4-12-52-108-68-40-44-76-64(60-68)28-24-48-96-76)88(100-92)103-91-82-70(86(98-91)101-89)30-18-34-78(82)110-54-14-6-2-10-50-106-66-38-42-74-62(58-66)26-22-46-94-74/h17-48,57-60H,1-16,49-56H2,(H2,97,98,99,100,101,102,103,104). The van der Waals surface area contributed by atoms with Crippen molar-refractivity contribution in [3.05, 3.63) is 219 Å². The molecule has 0 saturated carbocycles. The Morgan fingerprint density at radius 1 is 0.232 bits per heavy atom. The first kappa shape index (κ1) is 72.0. The summed E-state index contributed by atoms with van der Waals surface area (Å²) in [5, 5.41) is 7.31. The van der Waals surface area contributed by atoms with Crippen molar-refractivity contribution in [2.24, 2.45) is 0 Å². The number of unbranched alkanes of at least 4 members (excludes halogenated alkanes) is 12. The molecule has 112 heavy (non-hydrogen) atoms. The molecule has 0 unspecified atom stereocenters. The number of aromatic nitrogens is 12. The number of H-pyrrole nitrogens is 2. The van der Waals surface area contributed by atoms with Gasteiger partial charge in [0, 0.05) is 68.2 Å². The summed E-state index contributed by atoms with van der Waals surface area (Å²) < 4.78 is 52.0. The van der Waals surface area contributed by atoms with E-state index in [1.165, 1.54) is 0 Å². The van der Waals surface area contributed by atoms with Crippen LogP contribution in [-0.4, -0.2) is 113 Å². The van der Waals surface area contributed by atoms with Gasteiger partial charge in [-0.2, -0.15) is 0 Å². The molecule has 2 aliphatic heterocycles. The van der Waals surface area contributed by atoms with Crippen molar-refractivity contribution in [1.29, 1.82) is 0 Å². The molecule has 15 aromatic rings. The van der Waals surface area contributed by atoms with E-state index in [1.807, 2.05) is 195 Å². The molecule has 0 spiro atoms. The fraction of sp³-hybridized carbons (Fsp3) is 0.261. The van der Waals surface area contributed by atoms with Crippen LogP contribution in [0.3, 0.4) is 0 Å². The number of benzene rings is 8. The van der Waals surface area contributed by atoms with Gasteiger partial charge in [0.1, 0.15) is 68.6 Å². The highest BCUT2D eigenvalue weighted by atomic mass is 16.5. The Kier molecular flexibility index (Phi) is 22.4. The van der Waals surface area contributed by atoms with Crippen LogP contribution in [-0.2, 0) is 0 Å². The zero-order valence-corrected chi connectivity index (χ0v) is 62.5. The Balaban J connectivity index is 0.674. The fourth-order valence-corrected chi connectivity index (χ4v) is 14.6. The molecule has 20 nitrogen and oxygen atoms in total. The largest absolute Gasteiger partial charge is 0.494 e. The maximum absolute atomic E-state index is 6.82. The van der Waals surface area contributed by atoms with Gasteiger partial charge in [-0.1, -0.05) is 72.8 Å². The maximum atomic E-state index is 6.82. The lowest BCUT2D eigenvalue weighted by atomic mass is 10.1. The van der Waals surface area contributed by atoms with Gasteiger partial charge in [-0.3, -0.25) is 19.9 Å². The van der Waals surface area contributed by atoms with Gasteiger partial charge >= 0.3 is 0 Å². The quantitative estimate of drug-likeness (QED) is 0.0347. The van der Waals surface area contributed by atoms with Gasteiger partial charge in [-0.15, -0.1) is 0 Å². The molecule has 8 bridgehead atoms. The second-order valence-corrected chi connectivity index (χ2v) is 28.2. The predicted octanol–water partition coefficient (Wildman–Crippen LogP) is 21.1. The Morgan fingerprint density at radius 3 is 0.848 bits per heavy atom. The summed E-state index contributed by atoms with van der Waals surface area (Å²) in [6, 6.07) is 64.3. The minimum absolute atomic E-state index is 0.422. The molecule has 20 heteroatoms. The van der Waals surface area contributed by atoms with E-state index in [-0.39, 0.29) is 0 Å². The van der Waals surface area contributed by atoms with Crippen LogP contribution in [0.5, 0.6) is 46.0 Å². The lowest BCUT2D eigenvalue weighted by Gasteiger charge is -2.11. The third-order valence-electron chi connectivity index (χ3n) is 20.3. The highest BCUT2D eigenvalue weighted by molar-refractivity contribution is 6.10. The van der Waals surface area contributed by atoms with Crippen molar-refractivity contribution in [2.45, 2.75) is 103 Å². The second kappa shape index (κ2) is 34.8. The topological polar surface area (TPSA) is 234 Å². The minimum atomic E-state index is 0.422. The number of hydrogen-bond donors (Lipinski definition) is 2. The second-order valence-electron chi connectivity index (χ2n) is 28.2. The van der Waals surface area contributed by atoms with Crippen molar-refractivity contribution in [3.63, 3.8) is 0 Å². The summed E-state index contributed by atoms with van der Waals surface area (Å²) >= 11 is 0. The number of aromatic amines is 2. The molecular weight excluding hydrogens is 1400 g/mol. The van der Waals surface area contributed by atoms with E-state index in [0.717, 1.165) is 213 Å². The molecule has 7 aromatic heterocycles. The SMILES string of the molecule is c1cc(OCCCCCCOc2ccc3ncccc3c2)c2c(c1)-c1nc-2nc2[nH]c(nc3nc(nc4[nH]c(n1)c1c(OCCCCCCOc5ccc6ncccc6c5)cccc41)-c1c(OCCCCCCOc4ccc5ncccc5c4)cccc1-3)c1c(OCCCCCCOc3ccc4ncccc4c3)cccc21. The Labute approximate surface area is 648 Å². The van der Waals surface area contributed by atoms with Crippen LogP contribution in [0.1, 0.15) is 103 Å². The van der Waals surface area contributed by atoms with Crippen molar-refractivity contribution >= 4 is 87.7 Å². The van der Waals surface area contributed by atoms with E-state index in [1.54, 1.807) is 0 Å². The van der Waals surface area contributed by atoms with Gasteiger partial charge in [-0.25, -0.2) is 29.9 Å². The van der Waals surface area contributed by atoms with Crippen molar-refractivity contribution in [2.75, 3.05) is 52.9 Å². The average molecular weight is 1490 g/mol. The number of rotatable bonds is 36. The van der Waals surface area contributed by atoms with E-state index in [0.29, 0.717) is 122 Å². The van der Waals surface area contributed by atoms with Gasteiger partial charge in [0.05, 0.1) is 96.8 Å². The average Bonchev–Trinajstić information content (AvgIpc) is 1.59. The zero-order chi connectivity index (χ0) is 75.0. The van der Waals surface area contributed by atoms with Crippen LogP contribution in [0.2, 0.25) is 0 Å². The van der Waals surface area contributed by atoms with Crippen molar-refractivity contribution in [3.8, 4) is 91.5 Å². The number of ether oxygens (including phenoxy) is 8. The van der Waals surface area contributed by atoms with E-state index in [4.69, 9.17) is 67.8 Å². The Morgan fingerprint density at radius 2 is 0.518 bits per heavy atom. The number of pyridine rings is 4. The normalized spacial score (nSPS) is 11.7. The minimum Gasteiger partial charge on any atom is -0.494 e. The number of nitrogens with one attached hydrogen (secondary N) is 2. The van der Waals surface area contributed by atoms with Crippen LogP contribution in [0.25, 0.3) is 133 Å². The summed E-state index contributed by atoms with van der Waals surface area (Å²) in [5.41, 5.74) is 8.83. The Hall–Kier alpha value is -12.8. The van der Waals surface area contributed by atoms with Crippen LogP contribution in [0, 0.1) is 0 Å². The third-order valence-corrected chi connectivity index (χ3v) is 20.3. The van der Waals surface area contributed by atoms with Crippen molar-refractivity contribution in [1.82, 2.24) is 59.8 Å². The first-order chi connectivity index (χ1) is 55.5. The smallest absolute Gasteiger partial charge is 0.168 e. The molecule has 0 atom stereocenters. The summed E-state index contributed by atoms with van der Waals surface area (Å²) in [5.74, 6) is 7.71. The maximum Gasteiger partial charge on any atom is 0.168 e. The summed E-state index contributed by atoms with van der Waals surface area (Å²) in [7, 11) is 0. The molecule has 0 aliphatic carbocycles. The first-order valence-corrected chi connectivity index (χ1v) is 39.3. The molecule has 8 aromatic carbocycles. The van der Waals surface area contributed by atoms with E-state index in [2.05, 4.69) is 54.2 Å². The van der Waals surface area contributed by atoms with E-state index >= 15 is 0 Å². The van der Waals surface area contributed by atoms with Crippen LogP contribution in [0.15, 0.2) is 219 Å². The molecule has 0 saturated heterocycles. The lowest BCUT2D eigenvalue weighted by molar-refractivity contribution is 0.288. The van der Waals surface area contributed by atoms with Crippen molar-refractivity contribution < 1.29 is 37.9 Å². The van der Waals surface area contributed by atoms with E-state index < -0.39 is 0 Å². The van der Waals surface area contributed by atoms with Gasteiger partial charge < -0.3 is 47.9 Å². The zero-order valence-electron chi connectivity index (χ0n) is 62.5. The predicted molar refractivity (Wildman–Crippen MR) is 441 cm³/mol. The first-order valence-electron chi connectivity index (χ1n) is 39.3. The molecule has 562 valence electrons. The highest BCUT2D eigenvalue weighted by Gasteiger charge is 2.28. The highest BCUT2D eigenvalue weighted by Crippen LogP contribution is 2.45. The van der Waals surface area contributed by atoms with E-state index in [9.17, 15) is 0 Å². The molecule has 0 fully saturated rings. The molecular formula is C92H86N12O8. The number of hydrogen-bond acceptors (Lipinski definition) is 18. The number of fused-ring (bicyclic) bond motifs is 24. The molecule has 17 rings (SSSR count). The third kappa shape index (κ3) is 16.8. The lowest BCUT2D eigenvalue weighted by Crippen LogP contribution is -2.01. The molecule has 2 aliphatic rings. The molecule has 9 heterocycles.